The fourth-order valence-corrected chi connectivity index (χ4v) is 4.55. The topological polar surface area (TPSA) is 73.4 Å². The highest BCUT2D eigenvalue weighted by atomic mass is 127. The Morgan fingerprint density at radius 3 is 2.81 bits per heavy atom. The second-order valence-corrected chi connectivity index (χ2v) is 8.66. The van der Waals surface area contributed by atoms with Crippen LogP contribution >= 0.6 is 22.6 Å². The number of hydrogen-bond donors (Lipinski definition) is 3. The molecule has 4 rings (SSSR count). The quantitative estimate of drug-likeness (QED) is 0.183. The molecule has 3 N–H and O–H groups in total. The maximum Gasteiger partial charge on any atom is 0.285 e. The van der Waals surface area contributed by atoms with E-state index in [1.807, 2.05) is 36.2 Å². The average Bonchev–Trinajstić information content (AvgIpc) is 3.15. The lowest BCUT2D eigenvalue weighted by Crippen LogP contribution is -2.41. The van der Waals surface area contributed by atoms with Crippen LogP contribution in [0.2, 0.25) is 0 Å². The predicted molar refractivity (Wildman–Crippen MR) is 129 cm³/mol. The highest BCUT2D eigenvalue weighted by Crippen LogP contribution is 2.39. The summed E-state index contributed by atoms with van der Waals surface area (Å²) in [4.78, 5) is 5.48. The summed E-state index contributed by atoms with van der Waals surface area (Å²) in [7, 11) is 1.89. The van der Waals surface area contributed by atoms with Gasteiger partial charge in [-0.15, -0.1) is 0 Å². The van der Waals surface area contributed by atoms with Crippen molar-refractivity contribution < 1.29 is 13.9 Å². The first-order chi connectivity index (χ1) is 15.1. The van der Waals surface area contributed by atoms with Crippen molar-refractivity contribution in [3.05, 3.63) is 62.9 Å². The summed E-state index contributed by atoms with van der Waals surface area (Å²) in [6, 6.07) is 14.1. The van der Waals surface area contributed by atoms with Crippen LogP contribution in [-0.4, -0.2) is 55.9 Å². The number of likely N-dealkylation sites (N-methyl/N-ethyl adjacent to an activating group) is 1. The van der Waals surface area contributed by atoms with Crippen LogP contribution in [-0.2, 0) is 11.2 Å². The lowest BCUT2D eigenvalue weighted by Gasteiger charge is -2.37. The van der Waals surface area contributed by atoms with E-state index in [9.17, 15) is 4.39 Å². The number of halogens is 2. The van der Waals surface area contributed by atoms with Gasteiger partial charge in [0.05, 0.1) is 6.04 Å². The van der Waals surface area contributed by atoms with Gasteiger partial charge in [0.2, 0.25) is 0 Å². The van der Waals surface area contributed by atoms with Crippen molar-refractivity contribution >= 4 is 39.5 Å². The van der Waals surface area contributed by atoms with Gasteiger partial charge in [0.15, 0.2) is 0 Å². The summed E-state index contributed by atoms with van der Waals surface area (Å²) in [5.74, 6) is 0.802. The van der Waals surface area contributed by atoms with Gasteiger partial charge in [-0.25, -0.2) is 4.39 Å². The number of aromatic nitrogens is 1. The first-order valence-electron chi connectivity index (χ1n) is 10.3. The molecule has 6 nitrogen and oxygen atoms in total. The zero-order chi connectivity index (χ0) is 21.8. The monoisotopic (exact) mass is 536 g/mol. The minimum atomic E-state index is -0.615. The Kier molecular flexibility index (Phi) is 6.96. The van der Waals surface area contributed by atoms with Gasteiger partial charge in [-0.1, -0.05) is 12.1 Å². The molecule has 1 aliphatic heterocycles. The van der Waals surface area contributed by atoms with Crippen molar-refractivity contribution in [2.24, 2.45) is 0 Å². The largest absolute Gasteiger partial charge is 0.492 e. The van der Waals surface area contributed by atoms with Crippen LogP contribution in [0.3, 0.4) is 0 Å². The van der Waals surface area contributed by atoms with E-state index in [0.29, 0.717) is 13.2 Å². The fraction of sp³-hybridized carbons (Fsp3) is 0.348. The number of amidine groups is 1. The summed E-state index contributed by atoms with van der Waals surface area (Å²) < 4.78 is 25.0. The van der Waals surface area contributed by atoms with E-state index in [2.05, 4.69) is 51.1 Å². The molecule has 0 radical (unpaired) electrons. The summed E-state index contributed by atoms with van der Waals surface area (Å²) in [6.07, 6.45) is 0.790. The Morgan fingerprint density at radius 2 is 2.06 bits per heavy atom. The van der Waals surface area contributed by atoms with Crippen LogP contribution in [0.1, 0.15) is 22.9 Å². The number of fused-ring (bicyclic) bond motifs is 3. The minimum Gasteiger partial charge on any atom is -0.492 e. The van der Waals surface area contributed by atoms with Crippen molar-refractivity contribution in [1.82, 2.24) is 15.2 Å². The van der Waals surface area contributed by atoms with Crippen LogP contribution in [0.4, 0.5) is 4.39 Å². The predicted octanol–water partition coefficient (Wildman–Crippen LogP) is 4.24. The van der Waals surface area contributed by atoms with Crippen LogP contribution in [0.5, 0.6) is 5.75 Å². The lowest BCUT2D eigenvalue weighted by atomic mass is 9.92. The molecule has 2 heterocycles. The molecular formula is C23H26FIN4O2. The third-order valence-corrected chi connectivity index (χ3v) is 6.15. The molecule has 1 unspecified atom stereocenters. The van der Waals surface area contributed by atoms with E-state index in [0.717, 1.165) is 35.5 Å². The minimum absolute atomic E-state index is 0.00381. The van der Waals surface area contributed by atoms with Crippen molar-refractivity contribution in [2.75, 3.05) is 40.0 Å². The number of benzene rings is 2. The zero-order valence-electron chi connectivity index (χ0n) is 17.4. The highest BCUT2D eigenvalue weighted by Gasteiger charge is 2.34. The van der Waals surface area contributed by atoms with Crippen molar-refractivity contribution in [1.29, 1.82) is 5.41 Å². The van der Waals surface area contributed by atoms with Crippen LogP contribution in [0, 0.1) is 8.98 Å². The zero-order valence-corrected chi connectivity index (χ0v) is 19.5. The van der Waals surface area contributed by atoms with Crippen LogP contribution < -0.4 is 10.1 Å². The molecule has 0 saturated heterocycles. The third-order valence-electron chi connectivity index (χ3n) is 5.48. The van der Waals surface area contributed by atoms with Crippen molar-refractivity contribution in [3.8, 4) is 5.75 Å². The van der Waals surface area contributed by atoms with Gasteiger partial charge in [-0.05, 0) is 77.5 Å². The molecule has 0 aliphatic carbocycles. The molecule has 164 valence electrons. The maximum absolute atomic E-state index is 12.7. The molecule has 0 saturated carbocycles. The first kappa shape index (κ1) is 21.9. The Labute approximate surface area is 194 Å². The number of H-pyrrole nitrogens is 1. The van der Waals surface area contributed by atoms with E-state index in [-0.39, 0.29) is 18.7 Å². The molecule has 8 heteroatoms. The van der Waals surface area contributed by atoms with Crippen molar-refractivity contribution in [3.63, 3.8) is 0 Å². The molecule has 0 fully saturated rings. The summed E-state index contributed by atoms with van der Waals surface area (Å²) >= 11 is 2.33. The normalized spacial score (nSPS) is 15.7. The van der Waals surface area contributed by atoms with Gasteiger partial charge in [0, 0.05) is 33.3 Å². The van der Waals surface area contributed by atoms with Gasteiger partial charge in [0.1, 0.15) is 25.6 Å². The van der Waals surface area contributed by atoms with Crippen LogP contribution in [0.25, 0.3) is 10.9 Å². The number of hydrogen-bond acceptors (Lipinski definition) is 4. The molecule has 0 amide bonds. The Hall–Kier alpha value is -2.33. The number of rotatable bonds is 7. The Morgan fingerprint density at radius 1 is 1.26 bits per heavy atom. The fourth-order valence-electron chi connectivity index (χ4n) is 4.06. The standard InChI is InChI=1S/C23H26FIN4O2/c1-27-10-13-30-17-5-2-15(3-6-17)22-21-18(8-11-29(22)23(26)31-12-9-24)19-14-16(25)4-7-20(19)28-21/h2-7,14,22,26-28H,8-13H2,1H3. The molecule has 1 aliphatic rings. The highest BCUT2D eigenvalue weighted by molar-refractivity contribution is 14.1. The molecule has 1 atom stereocenters. The van der Waals surface area contributed by atoms with Gasteiger partial charge in [-0.3, -0.25) is 5.41 Å². The molecule has 0 spiro atoms. The van der Waals surface area contributed by atoms with E-state index in [1.165, 1.54) is 14.5 Å². The number of ether oxygens (including phenoxy) is 2. The number of alkyl halides is 1. The second-order valence-electron chi connectivity index (χ2n) is 7.42. The SMILES string of the molecule is CNCCOc1ccc(C2c3[nH]c4ccc(I)cc4c3CCN2C(=N)OCCF)cc1. The van der Waals surface area contributed by atoms with E-state index in [1.54, 1.807) is 0 Å². The van der Waals surface area contributed by atoms with Gasteiger partial charge in [0.25, 0.3) is 6.02 Å². The summed E-state index contributed by atoms with van der Waals surface area (Å²) in [5, 5.41) is 12.7. The molecular weight excluding hydrogens is 510 g/mol. The number of nitrogens with zero attached hydrogens (tertiary/aromatic N) is 1. The van der Waals surface area contributed by atoms with E-state index in [4.69, 9.17) is 14.9 Å². The van der Waals surface area contributed by atoms with Gasteiger partial charge >= 0.3 is 0 Å². The van der Waals surface area contributed by atoms with Gasteiger partial charge < -0.3 is 24.7 Å². The second kappa shape index (κ2) is 9.86. The first-order valence-corrected chi connectivity index (χ1v) is 11.4. The van der Waals surface area contributed by atoms with Gasteiger partial charge in [-0.2, -0.15) is 0 Å². The third kappa shape index (κ3) is 4.64. The number of nitrogens with one attached hydrogen (secondary N) is 3. The molecule has 0 bridgehead atoms. The lowest BCUT2D eigenvalue weighted by molar-refractivity contribution is 0.185. The maximum atomic E-state index is 12.7. The Bertz CT molecular complexity index is 1050. The summed E-state index contributed by atoms with van der Waals surface area (Å²) in [6.45, 7) is 1.27. The molecule has 2 aromatic carbocycles. The van der Waals surface area contributed by atoms with E-state index >= 15 is 0 Å². The molecule has 3 aromatic rings. The van der Waals surface area contributed by atoms with Crippen molar-refractivity contribution in [2.45, 2.75) is 12.5 Å². The summed E-state index contributed by atoms with van der Waals surface area (Å²) in [5.41, 5.74) is 4.43. The smallest absolute Gasteiger partial charge is 0.285 e. The number of aromatic amines is 1. The molecule has 1 aromatic heterocycles. The average molecular weight is 536 g/mol. The van der Waals surface area contributed by atoms with E-state index < -0.39 is 6.67 Å². The Balaban J connectivity index is 1.71. The molecule has 31 heavy (non-hydrogen) atoms. The van der Waals surface area contributed by atoms with Crippen LogP contribution in [0.15, 0.2) is 42.5 Å².